The minimum Gasteiger partial charge on any atom is -0.370 e. The molecule has 1 atom stereocenters. The molecule has 1 rings (SSSR count). The van der Waals surface area contributed by atoms with Gasteiger partial charge in [-0.25, -0.2) is 0 Å². The van der Waals surface area contributed by atoms with Gasteiger partial charge in [-0.05, 0) is 26.2 Å². The number of hydrogen-bond donors (Lipinski definition) is 2. The summed E-state index contributed by atoms with van der Waals surface area (Å²) >= 11 is 1.79. The molecule has 4 nitrogen and oxygen atoms in total. The van der Waals surface area contributed by atoms with Crippen LogP contribution in [-0.2, 0) is 4.79 Å². The van der Waals surface area contributed by atoms with Gasteiger partial charge in [0.05, 0.1) is 0 Å². The minimum atomic E-state index is -0.223. The van der Waals surface area contributed by atoms with E-state index in [2.05, 4.69) is 24.2 Å². The van der Waals surface area contributed by atoms with Gasteiger partial charge >= 0.3 is 0 Å². The van der Waals surface area contributed by atoms with E-state index in [-0.39, 0.29) is 11.4 Å². The summed E-state index contributed by atoms with van der Waals surface area (Å²) in [5, 5.41) is 4.48. The molecule has 0 radical (unpaired) electrons. The predicted molar refractivity (Wildman–Crippen MR) is 69.6 cm³/mol. The first-order chi connectivity index (χ1) is 7.56. The van der Waals surface area contributed by atoms with Crippen LogP contribution in [0, 0.1) is 0 Å². The fourth-order valence-corrected chi connectivity index (χ4v) is 2.66. The maximum Gasteiger partial charge on any atom is 0.217 e. The Hall–Kier alpha value is -0.710. The number of thioether (sulfide) groups is 1. The molecule has 1 heterocycles. The number of unbranched alkanes of at least 4 members (excludes halogenated alkanes) is 1. The molecule has 3 N–H and O–H groups in total. The van der Waals surface area contributed by atoms with Crippen molar-refractivity contribution in [1.82, 2.24) is 5.32 Å². The van der Waals surface area contributed by atoms with Crippen molar-refractivity contribution < 1.29 is 4.79 Å². The van der Waals surface area contributed by atoms with E-state index in [9.17, 15) is 4.79 Å². The van der Waals surface area contributed by atoms with Crippen molar-refractivity contribution in [2.75, 3.05) is 12.3 Å². The third-order valence-corrected chi connectivity index (χ3v) is 4.09. The van der Waals surface area contributed by atoms with Gasteiger partial charge < -0.3 is 11.1 Å². The van der Waals surface area contributed by atoms with Crippen LogP contribution >= 0.6 is 11.8 Å². The minimum absolute atomic E-state index is 0.205. The lowest BCUT2D eigenvalue weighted by Gasteiger charge is -2.20. The fourth-order valence-electron chi connectivity index (χ4n) is 1.43. The molecule has 1 aliphatic rings. The van der Waals surface area contributed by atoms with Crippen molar-refractivity contribution in [2.45, 2.75) is 45.1 Å². The number of aliphatic imine (C=N–C) groups is 1. The van der Waals surface area contributed by atoms with Gasteiger partial charge in [0.2, 0.25) is 5.91 Å². The summed E-state index contributed by atoms with van der Waals surface area (Å²) in [6.45, 7) is 5.18. The number of amides is 1. The Balaban J connectivity index is 2.19. The SMILES string of the molecule is CCC1(C)CSC(=NCCCCC(N)=O)N1. The van der Waals surface area contributed by atoms with Crippen molar-refractivity contribution in [3.05, 3.63) is 0 Å². The van der Waals surface area contributed by atoms with Crippen molar-refractivity contribution >= 4 is 22.8 Å². The number of rotatable bonds is 6. The highest BCUT2D eigenvalue weighted by atomic mass is 32.2. The van der Waals surface area contributed by atoms with Crippen LogP contribution in [0.2, 0.25) is 0 Å². The highest BCUT2D eigenvalue weighted by molar-refractivity contribution is 8.14. The Morgan fingerprint density at radius 1 is 1.62 bits per heavy atom. The molecule has 0 aromatic carbocycles. The average Bonchev–Trinajstić information content (AvgIpc) is 2.61. The van der Waals surface area contributed by atoms with Gasteiger partial charge in [-0.2, -0.15) is 0 Å². The number of nitrogens with zero attached hydrogens (tertiary/aromatic N) is 1. The lowest BCUT2D eigenvalue weighted by molar-refractivity contribution is -0.118. The maximum absolute atomic E-state index is 10.5. The van der Waals surface area contributed by atoms with Gasteiger partial charge in [-0.1, -0.05) is 18.7 Å². The molecular weight excluding hydrogens is 222 g/mol. The summed E-state index contributed by atoms with van der Waals surface area (Å²) < 4.78 is 0. The van der Waals surface area contributed by atoms with Gasteiger partial charge in [0.1, 0.15) is 0 Å². The summed E-state index contributed by atoms with van der Waals surface area (Å²) in [6.07, 6.45) is 3.35. The Morgan fingerprint density at radius 2 is 2.38 bits per heavy atom. The first kappa shape index (κ1) is 13.4. The maximum atomic E-state index is 10.5. The highest BCUT2D eigenvalue weighted by Gasteiger charge is 2.30. The molecule has 0 saturated carbocycles. The second kappa shape index (κ2) is 6.13. The summed E-state index contributed by atoms with van der Waals surface area (Å²) in [7, 11) is 0. The van der Waals surface area contributed by atoms with Crippen LogP contribution in [0.15, 0.2) is 4.99 Å². The van der Waals surface area contributed by atoms with E-state index >= 15 is 0 Å². The number of carbonyl (C=O) groups excluding carboxylic acids is 1. The van der Waals surface area contributed by atoms with Crippen molar-refractivity contribution in [1.29, 1.82) is 0 Å². The first-order valence-corrected chi connectivity index (χ1v) is 6.78. The Morgan fingerprint density at radius 3 is 2.94 bits per heavy atom. The fraction of sp³-hybridized carbons (Fsp3) is 0.818. The van der Waals surface area contributed by atoms with Crippen LogP contribution in [0.3, 0.4) is 0 Å². The van der Waals surface area contributed by atoms with Gasteiger partial charge in [-0.3, -0.25) is 9.79 Å². The molecule has 5 heteroatoms. The molecule has 1 amide bonds. The molecular formula is C11H21N3OS. The van der Waals surface area contributed by atoms with E-state index in [0.29, 0.717) is 6.42 Å². The van der Waals surface area contributed by atoms with E-state index < -0.39 is 0 Å². The van der Waals surface area contributed by atoms with Crippen LogP contribution in [-0.4, -0.2) is 28.9 Å². The molecule has 92 valence electrons. The second-order valence-corrected chi connectivity index (χ2v) is 5.40. The van der Waals surface area contributed by atoms with Gasteiger partial charge in [0, 0.05) is 24.3 Å². The van der Waals surface area contributed by atoms with Crippen molar-refractivity contribution in [2.24, 2.45) is 10.7 Å². The normalized spacial score (nSPS) is 27.0. The lowest BCUT2D eigenvalue weighted by atomic mass is 10.0. The van der Waals surface area contributed by atoms with E-state index in [1.165, 1.54) is 0 Å². The summed E-state index contributed by atoms with van der Waals surface area (Å²) in [5.74, 6) is 0.864. The van der Waals surface area contributed by atoms with Crippen LogP contribution in [0.5, 0.6) is 0 Å². The Labute approximate surface area is 101 Å². The van der Waals surface area contributed by atoms with Gasteiger partial charge in [0.25, 0.3) is 0 Å². The third-order valence-electron chi connectivity index (χ3n) is 2.80. The molecule has 0 spiro atoms. The molecule has 1 saturated heterocycles. The molecule has 0 bridgehead atoms. The smallest absolute Gasteiger partial charge is 0.217 e. The zero-order chi connectivity index (χ0) is 12.0. The predicted octanol–water partition coefficient (Wildman–Crippen LogP) is 1.50. The molecule has 0 aromatic heterocycles. The number of carbonyl (C=O) groups is 1. The van der Waals surface area contributed by atoms with Crippen molar-refractivity contribution in [3.63, 3.8) is 0 Å². The van der Waals surface area contributed by atoms with E-state index in [1.807, 2.05) is 0 Å². The second-order valence-electron chi connectivity index (χ2n) is 4.44. The molecule has 16 heavy (non-hydrogen) atoms. The highest BCUT2D eigenvalue weighted by Crippen LogP contribution is 2.25. The third kappa shape index (κ3) is 4.43. The Kier molecular flexibility index (Phi) is 5.12. The average molecular weight is 243 g/mol. The largest absolute Gasteiger partial charge is 0.370 e. The van der Waals surface area contributed by atoms with Crippen LogP contribution in [0.4, 0.5) is 0 Å². The monoisotopic (exact) mass is 243 g/mol. The number of nitrogens with one attached hydrogen (secondary N) is 1. The van der Waals surface area contributed by atoms with Gasteiger partial charge in [0.15, 0.2) is 5.17 Å². The number of hydrogen-bond acceptors (Lipinski definition) is 3. The summed E-state index contributed by atoms with van der Waals surface area (Å²) in [4.78, 5) is 15.0. The van der Waals surface area contributed by atoms with Crippen LogP contribution in [0.25, 0.3) is 0 Å². The number of nitrogens with two attached hydrogens (primary N) is 1. The van der Waals surface area contributed by atoms with E-state index in [0.717, 1.165) is 36.7 Å². The zero-order valence-corrected chi connectivity index (χ0v) is 10.9. The standard InChI is InChI=1S/C11H21N3OS/c1-3-11(2)8-16-10(14-11)13-7-5-4-6-9(12)15/h3-8H2,1-2H3,(H2,12,15)(H,13,14). The first-order valence-electron chi connectivity index (χ1n) is 5.79. The Bertz CT molecular complexity index is 280. The number of primary amides is 1. The number of amidine groups is 1. The molecule has 0 aromatic rings. The van der Waals surface area contributed by atoms with Crippen LogP contribution < -0.4 is 11.1 Å². The van der Waals surface area contributed by atoms with Crippen LogP contribution in [0.1, 0.15) is 39.5 Å². The van der Waals surface area contributed by atoms with E-state index in [4.69, 9.17) is 5.73 Å². The lowest BCUT2D eigenvalue weighted by Crippen LogP contribution is -2.39. The molecule has 1 unspecified atom stereocenters. The summed E-state index contributed by atoms with van der Waals surface area (Å²) in [5.41, 5.74) is 5.26. The van der Waals surface area contributed by atoms with E-state index in [1.54, 1.807) is 11.8 Å². The molecule has 1 fully saturated rings. The van der Waals surface area contributed by atoms with Crippen molar-refractivity contribution in [3.8, 4) is 0 Å². The quantitative estimate of drug-likeness (QED) is 0.695. The molecule has 1 aliphatic heterocycles. The summed E-state index contributed by atoms with van der Waals surface area (Å²) in [6, 6.07) is 0. The topological polar surface area (TPSA) is 67.5 Å². The van der Waals surface area contributed by atoms with Gasteiger partial charge in [-0.15, -0.1) is 0 Å². The molecule has 0 aliphatic carbocycles. The zero-order valence-electron chi connectivity index (χ0n) is 10.1.